The predicted octanol–water partition coefficient (Wildman–Crippen LogP) is 5.34. The van der Waals surface area contributed by atoms with Crippen LogP contribution in [0.15, 0.2) is 58.3 Å². The molecule has 0 fully saturated rings. The quantitative estimate of drug-likeness (QED) is 0.740. The maximum atomic E-state index is 2.47. The molecule has 0 aromatic heterocycles. The second-order valence-electron chi connectivity index (χ2n) is 5.37. The van der Waals surface area contributed by atoms with Crippen LogP contribution in [0.4, 0.5) is 11.4 Å². The number of para-hydroxylation sites is 2. The van der Waals surface area contributed by atoms with Crippen molar-refractivity contribution in [2.45, 2.75) is 30.1 Å². The van der Waals surface area contributed by atoms with Crippen molar-refractivity contribution in [3.05, 3.63) is 48.5 Å². The third kappa shape index (κ3) is 2.50. The molecule has 0 bridgehead atoms. The smallest absolute Gasteiger partial charge is 0.0552 e. The first-order valence-electron chi connectivity index (χ1n) is 6.89. The van der Waals surface area contributed by atoms with Crippen LogP contribution in [0.2, 0.25) is 0 Å². The van der Waals surface area contributed by atoms with Gasteiger partial charge in [0, 0.05) is 16.3 Å². The second-order valence-corrected chi connectivity index (χ2v) is 6.46. The van der Waals surface area contributed by atoms with Crippen LogP contribution in [-0.2, 0) is 0 Å². The summed E-state index contributed by atoms with van der Waals surface area (Å²) in [6, 6.07) is 17.4. The fourth-order valence-electron chi connectivity index (χ4n) is 2.41. The highest BCUT2D eigenvalue weighted by atomic mass is 32.2. The highest BCUT2D eigenvalue weighted by molar-refractivity contribution is 7.99. The number of fused-ring (bicyclic) bond motifs is 2. The van der Waals surface area contributed by atoms with Crippen LogP contribution in [0.25, 0.3) is 0 Å². The average Bonchev–Trinajstić information content (AvgIpc) is 2.43. The monoisotopic (exact) mass is 269 g/mol. The van der Waals surface area contributed by atoms with Gasteiger partial charge < -0.3 is 4.90 Å². The normalized spacial score (nSPS) is 13.3. The minimum absolute atomic E-state index is 0.730. The van der Waals surface area contributed by atoms with Gasteiger partial charge in [-0.25, -0.2) is 0 Å². The first kappa shape index (κ1) is 12.6. The molecule has 1 aliphatic heterocycles. The Morgan fingerprint density at radius 2 is 1.42 bits per heavy atom. The lowest BCUT2D eigenvalue weighted by molar-refractivity contribution is 0.589. The Bertz CT molecular complexity index is 531. The number of nitrogens with zero attached hydrogens (tertiary/aromatic N) is 1. The maximum absolute atomic E-state index is 2.47. The molecule has 3 rings (SSSR count). The molecule has 0 saturated heterocycles. The topological polar surface area (TPSA) is 3.24 Å². The summed E-state index contributed by atoms with van der Waals surface area (Å²) in [5.41, 5.74) is 2.71. The van der Waals surface area contributed by atoms with Crippen molar-refractivity contribution in [2.75, 3.05) is 11.4 Å². The summed E-state index contributed by atoms with van der Waals surface area (Å²) in [5.74, 6) is 0.730. The first-order chi connectivity index (χ1) is 9.25. The summed E-state index contributed by atoms with van der Waals surface area (Å²) in [4.78, 5) is 5.20. The molecule has 0 atom stereocenters. The molecule has 2 aromatic rings. The lowest BCUT2D eigenvalue weighted by Crippen LogP contribution is -2.22. The molecular formula is C17H19NS. The van der Waals surface area contributed by atoms with E-state index in [9.17, 15) is 0 Å². The summed E-state index contributed by atoms with van der Waals surface area (Å²) in [6.07, 6.45) is 1.22. The molecule has 19 heavy (non-hydrogen) atoms. The summed E-state index contributed by atoms with van der Waals surface area (Å²) >= 11 is 1.88. The van der Waals surface area contributed by atoms with Crippen LogP contribution < -0.4 is 4.90 Å². The van der Waals surface area contributed by atoms with E-state index in [1.54, 1.807) is 0 Å². The number of hydrogen-bond donors (Lipinski definition) is 0. The number of rotatable bonds is 3. The molecule has 2 heteroatoms. The van der Waals surface area contributed by atoms with E-state index in [2.05, 4.69) is 67.3 Å². The third-order valence-electron chi connectivity index (χ3n) is 3.46. The Hall–Kier alpha value is -1.41. The molecule has 1 aliphatic rings. The Kier molecular flexibility index (Phi) is 3.52. The van der Waals surface area contributed by atoms with Gasteiger partial charge in [0.25, 0.3) is 0 Å². The summed E-state index contributed by atoms with van der Waals surface area (Å²) in [5, 5.41) is 0. The zero-order valence-electron chi connectivity index (χ0n) is 11.5. The van der Waals surface area contributed by atoms with Crippen molar-refractivity contribution >= 4 is 23.1 Å². The Morgan fingerprint density at radius 1 is 0.895 bits per heavy atom. The average molecular weight is 269 g/mol. The number of anilines is 2. The van der Waals surface area contributed by atoms with Gasteiger partial charge in [-0.05, 0) is 36.6 Å². The van der Waals surface area contributed by atoms with Crippen LogP contribution in [0.5, 0.6) is 0 Å². The van der Waals surface area contributed by atoms with Crippen LogP contribution in [0.1, 0.15) is 20.3 Å². The molecule has 1 nitrogen and oxygen atoms in total. The van der Waals surface area contributed by atoms with Gasteiger partial charge >= 0.3 is 0 Å². The summed E-state index contributed by atoms with van der Waals surface area (Å²) in [6.45, 7) is 5.67. The Morgan fingerprint density at radius 3 is 1.95 bits per heavy atom. The van der Waals surface area contributed by atoms with E-state index in [4.69, 9.17) is 0 Å². The minimum atomic E-state index is 0.730. The van der Waals surface area contributed by atoms with E-state index >= 15 is 0 Å². The molecule has 0 amide bonds. The first-order valence-corrected chi connectivity index (χ1v) is 7.71. The van der Waals surface area contributed by atoms with Crippen molar-refractivity contribution in [2.24, 2.45) is 5.92 Å². The number of benzene rings is 2. The second kappa shape index (κ2) is 5.30. The largest absolute Gasteiger partial charge is 0.340 e. The van der Waals surface area contributed by atoms with Gasteiger partial charge in [-0.3, -0.25) is 0 Å². The van der Waals surface area contributed by atoms with Gasteiger partial charge in [-0.15, -0.1) is 0 Å². The fraction of sp³-hybridized carbons (Fsp3) is 0.294. The van der Waals surface area contributed by atoms with Crippen molar-refractivity contribution in [3.8, 4) is 0 Å². The van der Waals surface area contributed by atoms with Gasteiger partial charge in [-0.2, -0.15) is 0 Å². The van der Waals surface area contributed by atoms with Crippen LogP contribution in [0.3, 0.4) is 0 Å². The van der Waals surface area contributed by atoms with Crippen LogP contribution in [0, 0.1) is 5.92 Å². The SMILES string of the molecule is CC(C)CCN1c2ccccc2Sc2ccccc21. The lowest BCUT2D eigenvalue weighted by atomic mass is 10.1. The lowest BCUT2D eigenvalue weighted by Gasteiger charge is -2.33. The van der Waals surface area contributed by atoms with Gasteiger partial charge in [0.2, 0.25) is 0 Å². The highest BCUT2D eigenvalue weighted by Gasteiger charge is 2.22. The molecule has 0 unspecified atom stereocenters. The van der Waals surface area contributed by atoms with Crippen molar-refractivity contribution < 1.29 is 0 Å². The Labute approximate surface area is 119 Å². The molecule has 0 spiro atoms. The molecular weight excluding hydrogens is 250 g/mol. The zero-order chi connectivity index (χ0) is 13.2. The molecule has 98 valence electrons. The molecule has 1 heterocycles. The maximum Gasteiger partial charge on any atom is 0.0552 e. The molecule has 0 aliphatic carbocycles. The van der Waals surface area contributed by atoms with Gasteiger partial charge in [0.1, 0.15) is 0 Å². The zero-order valence-corrected chi connectivity index (χ0v) is 12.3. The van der Waals surface area contributed by atoms with Crippen molar-refractivity contribution in [1.29, 1.82) is 0 Å². The summed E-state index contributed by atoms with van der Waals surface area (Å²) < 4.78 is 0. The van der Waals surface area contributed by atoms with E-state index in [1.807, 2.05) is 11.8 Å². The van der Waals surface area contributed by atoms with Crippen molar-refractivity contribution in [3.63, 3.8) is 0 Å². The minimum Gasteiger partial charge on any atom is -0.340 e. The van der Waals surface area contributed by atoms with E-state index < -0.39 is 0 Å². The van der Waals surface area contributed by atoms with Crippen molar-refractivity contribution in [1.82, 2.24) is 0 Å². The molecule has 0 N–H and O–H groups in total. The van der Waals surface area contributed by atoms with E-state index in [0.29, 0.717) is 0 Å². The highest BCUT2D eigenvalue weighted by Crippen LogP contribution is 2.47. The van der Waals surface area contributed by atoms with E-state index in [-0.39, 0.29) is 0 Å². The molecule has 0 saturated carbocycles. The number of hydrogen-bond acceptors (Lipinski definition) is 2. The standard InChI is InChI=1S/C17H19NS/c1-13(2)11-12-18-14-7-3-5-9-16(14)19-17-10-6-4-8-15(17)18/h3-10,13H,11-12H2,1-2H3. The van der Waals surface area contributed by atoms with Crippen LogP contribution >= 0.6 is 11.8 Å². The van der Waals surface area contributed by atoms with Gasteiger partial charge in [0.05, 0.1) is 11.4 Å². The predicted molar refractivity (Wildman–Crippen MR) is 83.5 cm³/mol. The van der Waals surface area contributed by atoms with Crippen LogP contribution in [-0.4, -0.2) is 6.54 Å². The molecule has 2 aromatic carbocycles. The summed E-state index contributed by atoms with van der Waals surface area (Å²) in [7, 11) is 0. The van der Waals surface area contributed by atoms with Gasteiger partial charge in [0.15, 0.2) is 0 Å². The third-order valence-corrected chi connectivity index (χ3v) is 4.59. The van der Waals surface area contributed by atoms with E-state index in [0.717, 1.165) is 12.5 Å². The van der Waals surface area contributed by atoms with Gasteiger partial charge in [-0.1, -0.05) is 49.9 Å². The Balaban J connectivity index is 2.01. The van der Waals surface area contributed by atoms with E-state index in [1.165, 1.54) is 27.6 Å². The molecule has 0 radical (unpaired) electrons. The fourth-order valence-corrected chi connectivity index (χ4v) is 3.51.